The van der Waals surface area contributed by atoms with E-state index in [9.17, 15) is 0 Å². The molecule has 1 aromatic carbocycles. The quantitative estimate of drug-likeness (QED) is 0.654. The summed E-state index contributed by atoms with van der Waals surface area (Å²) in [5.74, 6) is 0. The van der Waals surface area contributed by atoms with Crippen molar-refractivity contribution in [1.29, 1.82) is 5.26 Å². The SMILES string of the molecule is N#CCOC/C=C/c1ccccc1. The number of hydrogen-bond acceptors (Lipinski definition) is 2. The molecule has 0 saturated carbocycles. The average Bonchev–Trinajstić information content (AvgIpc) is 2.19. The first kappa shape index (κ1) is 9.50. The van der Waals surface area contributed by atoms with E-state index in [1.807, 2.05) is 48.6 Å². The third-order valence-corrected chi connectivity index (χ3v) is 1.49. The van der Waals surface area contributed by atoms with E-state index in [-0.39, 0.29) is 6.61 Å². The lowest BCUT2D eigenvalue weighted by Crippen LogP contribution is -1.89. The number of rotatable bonds is 4. The number of nitriles is 1. The molecule has 1 aromatic rings. The molecule has 0 N–H and O–H groups in total. The van der Waals surface area contributed by atoms with E-state index >= 15 is 0 Å². The Bertz CT molecular complexity index is 298. The van der Waals surface area contributed by atoms with Gasteiger partial charge in [-0.1, -0.05) is 42.5 Å². The fourth-order valence-electron chi connectivity index (χ4n) is 0.921. The zero-order valence-electron chi connectivity index (χ0n) is 7.31. The van der Waals surface area contributed by atoms with Crippen LogP contribution in [0.4, 0.5) is 0 Å². The van der Waals surface area contributed by atoms with E-state index in [0.29, 0.717) is 6.61 Å². The Balaban J connectivity index is 2.29. The Labute approximate surface area is 78.1 Å². The van der Waals surface area contributed by atoms with Crippen LogP contribution in [0.1, 0.15) is 5.56 Å². The zero-order chi connectivity index (χ0) is 9.36. The molecule has 0 aliphatic carbocycles. The van der Waals surface area contributed by atoms with E-state index in [2.05, 4.69) is 0 Å². The third kappa shape index (κ3) is 4.09. The van der Waals surface area contributed by atoms with Gasteiger partial charge in [-0.2, -0.15) is 5.26 Å². The van der Waals surface area contributed by atoms with Crippen molar-refractivity contribution in [2.24, 2.45) is 0 Å². The Morgan fingerprint density at radius 3 is 2.77 bits per heavy atom. The summed E-state index contributed by atoms with van der Waals surface area (Å²) in [7, 11) is 0. The summed E-state index contributed by atoms with van der Waals surface area (Å²) >= 11 is 0. The molecule has 66 valence electrons. The first-order chi connectivity index (χ1) is 6.43. The molecule has 0 aliphatic heterocycles. The van der Waals surface area contributed by atoms with Crippen LogP contribution < -0.4 is 0 Å². The fraction of sp³-hybridized carbons (Fsp3) is 0.182. The van der Waals surface area contributed by atoms with Gasteiger partial charge >= 0.3 is 0 Å². The summed E-state index contributed by atoms with van der Waals surface area (Å²) in [4.78, 5) is 0. The van der Waals surface area contributed by atoms with Crippen molar-refractivity contribution in [1.82, 2.24) is 0 Å². The van der Waals surface area contributed by atoms with Gasteiger partial charge in [0.25, 0.3) is 0 Å². The second-order valence-corrected chi connectivity index (χ2v) is 2.49. The van der Waals surface area contributed by atoms with Crippen LogP contribution in [0.15, 0.2) is 36.4 Å². The van der Waals surface area contributed by atoms with Gasteiger partial charge in [0.15, 0.2) is 0 Å². The van der Waals surface area contributed by atoms with Crippen LogP contribution >= 0.6 is 0 Å². The Kier molecular flexibility index (Phi) is 4.37. The van der Waals surface area contributed by atoms with E-state index in [1.165, 1.54) is 0 Å². The highest BCUT2D eigenvalue weighted by molar-refractivity contribution is 5.48. The van der Waals surface area contributed by atoms with Gasteiger partial charge in [0.2, 0.25) is 0 Å². The first-order valence-corrected chi connectivity index (χ1v) is 4.10. The lowest BCUT2D eigenvalue weighted by molar-refractivity contribution is 0.198. The van der Waals surface area contributed by atoms with Crippen molar-refractivity contribution in [3.8, 4) is 6.07 Å². The first-order valence-electron chi connectivity index (χ1n) is 4.10. The standard InChI is InChI=1S/C11H11NO/c12-8-10-13-9-4-7-11-5-2-1-3-6-11/h1-7H,9-10H2/b7-4+. The van der Waals surface area contributed by atoms with E-state index in [4.69, 9.17) is 10.00 Å². The lowest BCUT2D eigenvalue weighted by Gasteiger charge is -1.92. The van der Waals surface area contributed by atoms with E-state index in [0.717, 1.165) is 5.56 Å². The minimum Gasteiger partial charge on any atom is -0.362 e. The highest BCUT2D eigenvalue weighted by atomic mass is 16.5. The molecule has 1 rings (SSSR count). The molecule has 2 heteroatoms. The maximum Gasteiger partial charge on any atom is 0.134 e. The summed E-state index contributed by atoms with van der Waals surface area (Å²) in [5, 5.41) is 8.18. The smallest absolute Gasteiger partial charge is 0.134 e. The third-order valence-electron chi connectivity index (χ3n) is 1.49. The molecule has 0 spiro atoms. The van der Waals surface area contributed by atoms with Gasteiger partial charge in [0, 0.05) is 0 Å². The lowest BCUT2D eigenvalue weighted by atomic mass is 10.2. The van der Waals surface area contributed by atoms with Crippen LogP contribution in [0.25, 0.3) is 6.08 Å². The highest BCUT2D eigenvalue weighted by Crippen LogP contribution is 2.00. The van der Waals surface area contributed by atoms with Crippen LogP contribution in [0, 0.1) is 11.3 Å². The molecule has 0 fully saturated rings. The second kappa shape index (κ2) is 5.99. The molecule has 0 amide bonds. The summed E-state index contributed by atoms with van der Waals surface area (Å²) < 4.78 is 4.96. The predicted molar refractivity (Wildman–Crippen MR) is 51.9 cm³/mol. The molecule has 0 heterocycles. The number of nitrogens with zero attached hydrogens (tertiary/aromatic N) is 1. The topological polar surface area (TPSA) is 33.0 Å². The van der Waals surface area contributed by atoms with E-state index in [1.54, 1.807) is 0 Å². The molecular weight excluding hydrogens is 162 g/mol. The maximum absolute atomic E-state index is 8.18. The minimum atomic E-state index is 0.152. The molecule has 0 saturated heterocycles. The molecule has 0 bridgehead atoms. The number of ether oxygens (including phenoxy) is 1. The molecule has 2 nitrogen and oxygen atoms in total. The van der Waals surface area contributed by atoms with E-state index < -0.39 is 0 Å². The molecule has 0 radical (unpaired) electrons. The molecule has 0 atom stereocenters. The van der Waals surface area contributed by atoms with Crippen LogP contribution in [0.5, 0.6) is 0 Å². The van der Waals surface area contributed by atoms with Gasteiger partial charge in [-0.25, -0.2) is 0 Å². The normalized spacial score (nSPS) is 10.1. The summed E-state index contributed by atoms with van der Waals surface area (Å²) in [5.41, 5.74) is 1.14. The van der Waals surface area contributed by atoms with Crippen LogP contribution in [0.3, 0.4) is 0 Å². The van der Waals surface area contributed by atoms with Crippen molar-refractivity contribution < 1.29 is 4.74 Å². The predicted octanol–water partition coefficient (Wildman–Crippen LogP) is 2.24. The average molecular weight is 173 g/mol. The van der Waals surface area contributed by atoms with Crippen molar-refractivity contribution in [3.05, 3.63) is 42.0 Å². The molecular formula is C11H11NO. The zero-order valence-corrected chi connectivity index (χ0v) is 7.31. The number of benzene rings is 1. The minimum absolute atomic E-state index is 0.152. The highest BCUT2D eigenvalue weighted by Gasteiger charge is 1.82. The summed E-state index contributed by atoms with van der Waals surface area (Å²) in [6.07, 6.45) is 3.87. The summed E-state index contributed by atoms with van der Waals surface area (Å²) in [6, 6.07) is 11.9. The second-order valence-electron chi connectivity index (χ2n) is 2.49. The van der Waals surface area contributed by atoms with Gasteiger partial charge in [-0.15, -0.1) is 0 Å². The van der Waals surface area contributed by atoms with Crippen molar-refractivity contribution in [2.75, 3.05) is 13.2 Å². The van der Waals surface area contributed by atoms with Gasteiger partial charge in [-0.3, -0.25) is 0 Å². The molecule has 0 aliphatic rings. The molecule has 0 aromatic heterocycles. The van der Waals surface area contributed by atoms with Crippen molar-refractivity contribution in [3.63, 3.8) is 0 Å². The fourth-order valence-corrected chi connectivity index (χ4v) is 0.921. The Morgan fingerprint density at radius 2 is 2.08 bits per heavy atom. The van der Waals surface area contributed by atoms with Crippen molar-refractivity contribution >= 4 is 6.08 Å². The van der Waals surface area contributed by atoms with Crippen molar-refractivity contribution in [2.45, 2.75) is 0 Å². The van der Waals surface area contributed by atoms with Crippen LogP contribution in [0.2, 0.25) is 0 Å². The number of hydrogen-bond donors (Lipinski definition) is 0. The van der Waals surface area contributed by atoms with Gasteiger partial charge < -0.3 is 4.74 Å². The largest absolute Gasteiger partial charge is 0.362 e. The van der Waals surface area contributed by atoms with Crippen LogP contribution in [-0.4, -0.2) is 13.2 Å². The Hall–Kier alpha value is -1.59. The van der Waals surface area contributed by atoms with Crippen LogP contribution in [-0.2, 0) is 4.74 Å². The molecule has 13 heavy (non-hydrogen) atoms. The Morgan fingerprint density at radius 1 is 1.31 bits per heavy atom. The molecule has 0 unspecified atom stereocenters. The van der Waals surface area contributed by atoms with Gasteiger partial charge in [0.1, 0.15) is 6.61 Å². The van der Waals surface area contributed by atoms with Gasteiger partial charge in [0.05, 0.1) is 12.7 Å². The monoisotopic (exact) mass is 173 g/mol. The van der Waals surface area contributed by atoms with Gasteiger partial charge in [-0.05, 0) is 5.56 Å². The summed E-state index contributed by atoms with van der Waals surface area (Å²) in [6.45, 7) is 0.640. The maximum atomic E-state index is 8.18.